The Morgan fingerprint density at radius 3 is 0.816 bits per heavy atom. The number of unbranched alkanes of at least 4 members (excludes halogenated alkanes) is 39. The second-order valence-electron chi connectivity index (χ2n) is 28.4. The van der Waals surface area contributed by atoms with Crippen molar-refractivity contribution in [3.63, 3.8) is 0 Å². The van der Waals surface area contributed by atoms with Crippen molar-refractivity contribution in [3.8, 4) is 0 Å². The minimum atomic E-state index is -4.65. The number of likely N-dealkylation sites (N-methyl/N-ethyl adjacent to an activating group) is 1. The molecule has 0 aliphatic heterocycles. The topological polar surface area (TPSA) is 111 Å². The number of allylic oxidation sites excluding steroid dienone is 22. The first-order valence-corrected chi connectivity index (χ1v) is 42.4. The van der Waals surface area contributed by atoms with E-state index in [9.17, 15) is 19.0 Å². The maximum absolute atomic E-state index is 12.9. The molecular weight excluding hydrogens is 1230 g/mol. The van der Waals surface area contributed by atoms with E-state index in [1.807, 2.05) is 21.1 Å². The summed E-state index contributed by atoms with van der Waals surface area (Å²) in [6.07, 6.45) is 113. The molecule has 0 fully saturated rings. The number of hydrogen-bond acceptors (Lipinski definition) is 8. The molecule has 0 amide bonds. The van der Waals surface area contributed by atoms with Gasteiger partial charge >= 0.3 is 11.9 Å². The van der Waals surface area contributed by atoms with Crippen LogP contribution in [0, 0.1) is 0 Å². The Kier molecular flexibility index (Phi) is 74.3. The van der Waals surface area contributed by atoms with Crippen LogP contribution in [0.2, 0.25) is 0 Å². The predicted molar refractivity (Wildman–Crippen MR) is 424 cm³/mol. The molecule has 2 unspecified atom stereocenters. The number of ether oxygens (including phenoxy) is 2. The molecule has 0 radical (unpaired) electrons. The van der Waals surface area contributed by atoms with Crippen LogP contribution >= 0.6 is 7.82 Å². The van der Waals surface area contributed by atoms with E-state index in [2.05, 4.69) is 148 Å². The lowest BCUT2D eigenvalue weighted by Gasteiger charge is -2.28. The summed E-state index contributed by atoms with van der Waals surface area (Å²) >= 11 is 0. The van der Waals surface area contributed by atoms with Crippen molar-refractivity contribution in [2.75, 3.05) is 47.5 Å². The van der Waals surface area contributed by atoms with Crippen LogP contribution in [-0.2, 0) is 32.7 Å². The first-order valence-electron chi connectivity index (χ1n) is 40.9. The van der Waals surface area contributed by atoms with E-state index in [-0.39, 0.29) is 32.0 Å². The molecule has 2 atom stereocenters. The molecular formula is C88H154NO8P. The normalized spacial score (nSPS) is 13.7. The van der Waals surface area contributed by atoms with E-state index >= 15 is 0 Å². The van der Waals surface area contributed by atoms with E-state index in [0.717, 1.165) is 109 Å². The van der Waals surface area contributed by atoms with Crippen molar-refractivity contribution >= 4 is 19.8 Å². The quantitative estimate of drug-likeness (QED) is 0.0195. The fourth-order valence-corrected chi connectivity index (χ4v) is 12.2. The predicted octanol–water partition coefficient (Wildman–Crippen LogP) is 26.9. The van der Waals surface area contributed by atoms with Crippen LogP contribution < -0.4 is 4.89 Å². The molecule has 0 aromatic rings. The van der Waals surface area contributed by atoms with Gasteiger partial charge < -0.3 is 27.9 Å². The third kappa shape index (κ3) is 81.1. The smallest absolute Gasteiger partial charge is 0.306 e. The van der Waals surface area contributed by atoms with Gasteiger partial charge in [0.2, 0.25) is 0 Å². The standard InChI is InChI=1S/C88H154NO8P/c1-6-8-10-12-14-16-18-20-22-24-26-28-30-32-34-36-38-40-41-42-43-44-45-46-47-49-50-52-54-56-58-60-62-64-66-68-70-72-74-76-78-80-87(90)94-84-86(85-96-98(92,93)95-83-82-89(3,4)5)97-88(91)81-79-77-75-73-71-69-67-65-63-61-59-57-55-53-51-48-39-37-35-33-31-29-27-25-23-21-19-17-15-13-11-9-7-2/h8-11,14-17,20-23,26-29,32-35,39,48,86H,6-7,12-13,18-19,24-25,30-31,36-38,40-47,49-85H2,1-5H3/b10-8-,11-9-,16-14-,17-15-,22-20-,23-21-,28-26-,29-27-,34-32-,35-33-,48-39-. The number of carbonyl (C=O) groups excluding carboxylic acids is 2. The summed E-state index contributed by atoms with van der Waals surface area (Å²) in [5, 5.41) is 0. The molecule has 0 aliphatic rings. The second kappa shape index (κ2) is 77.3. The van der Waals surface area contributed by atoms with Crippen molar-refractivity contribution in [3.05, 3.63) is 134 Å². The van der Waals surface area contributed by atoms with E-state index in [1.54, 1.807) is 0 Å². The number of quaternary nitrogens is 1. The van der Waals surface area contributed by atoms with Crippen LogP contribution in [0.25, 0.3) is 0 Å². The van der Waals surface area contributed by atoms with E-state index < -0.39 is 26.5 Å². The molecule has 98 heavy (non-hydrogen) atoms. The third-order valence-corrected chi connectivity index (χ3v) is 18.6. The van der Waals surface area contributed by atoms with Crippen LogP contribution in [0.1, 0.15) is 361 Å². The van der Waals surface area contributed by atoms with E-state index in [4.69, 9.17) is 18.5 Å². The van der Waals surface area contributed by atoms with Gasteiger partial charge in [0.15, 0.2) is 6.10 Å². The van der Waals surface area contributed by atoms with E-state index in [1.165, 1.54) is 218 Å². The Hall–Kier alpha value is -3.85. The van der Waals surface area contributed by atoms with Crippen LogP contribution in [0.4, 0.5) is 0 Å². The lowest BCUT2D eigenvalue weighted by Crippen LogP contribution is -2.37. The number of phosphoric acid groups is 1. The SMILES string of the molecule is CC/C=C\C/C=C\C/C=C\C/C=C\C/C=C\C/C=C\CCCCCCCCCCCCCCCCC(=O)OC(COC(=O)CCCCCCCCCCCCCCCCCCCCCCCCCCC/C=C\C/C=C\C/C=C\C/C=C\C/C=C\CC)COP(=O)([O-])OCC[N+](C)(C)C. The number of phosphoric ester groups is 1. The first-order chi connectivity index (χ1) is 48.0. The molecule has 0 aromatic carbocycles. The number of carbonyl (C=O) groups is 2. The number of rotatable bonds is 75. The summed E-state index contributed by atoms with van der Waals surface area (Å²) in [7, 11) is 1.17. The van der Waals surface area contributed by atoms with Gasteiger partial charge in [0, 0.05) is 12.8 Å². The minimum absolute atomic E-state index is 0.0332. The fraction of sp³-hybridized carbons (Fsp3) is 0.727. The molecule has 0 saturated carbocycles. The van der Waals surface area contributed by atoms with E-state index in [0.29, 0.717) is 17.4 Å². The summed E-state index contributed by atoms with van der Waals surface area (Å²) in [6.45, 7) is 4.05. The molecule has 9 nitrogen and oxygen atoms in total. The first kappa shape index (κ1) is 94.2. The van der Waals surface area contributed by atoms with Gasteiger partial charge in [-0.15, -0.1) is 0 Å². The maximum atomic E-state index is 12.9. The molecule has 0 aromatic heterocycles. The minimum Gasteiger partial charge on any atom is -0.756 e. The summed E-state index contributed by atoms with van der Waals surface area (Å²) < 4.78 is 34.4. The van der Waals surface area contributed by atoms with Gasteiger partial charge in [0.05, 0.1) is 27.7 Å². The van der Waals surface area contributed by atoms with Gasteiger partial charge in [0.1, 0.15) is 19.8 Å². The Bertz CT molecular complexity index is 2120. The van der Waals surface area contributed by atoms with Gasteiger partial charge in [0.25, 0.3) is 7.82 Å². The lowest BCUT2D eigenvalue weighted by atomic mass is 10.0. The molecule has 0 aliphatic carbocycles. The monoisotopic (exact) mass is 1380 g/mol. The average Bonchev–Trinajstić information content (AvgIpc) is 1.08. The summed E-state index contributed by atoms with van der Waals surface area (Å²) in [6, 6.07) is 0. The third-order valence-electron chi connectivity index (χ3n) is 17.7. The van der Waals surface area contributed by atoms with Crippen LogP contribution in [0.3, 0.4) is 0 Å². The van der Waals surface area contributed by atoms with Gasteiger partial charge in [-0.25, -0.2) is 0 Å². The largest absolute Gasteiger partial charge is 0.756 e. The van der Waals surface area contributed by atoms with Crippen molar-refractivity contribution in [1.29, 1.82) is 0 Å². The van der Waals surface area contributed by atoms with Crippen LogP contribution in [0.5, 0.6) is 0 Å². The van der Waals surface area contributed by atoms with Gasteiger partial charge in [-0.1, -0.05) is 372 Å². The molecule has 564 valence electrons. The highest BCUT2D eigenvalue weighted by atomic mass is 31.2. The Labute approximate surface area is 606 Å². The highest BCUT2D eigenvalue weighted by molar-refractivity contribution is 7.45. The molecule has 10 heteroatoms. The molecule has 0 bridgehead atoms. The van der Waals surface area contributed by atoms with Gasteiger partial charge in [-0.2, -0.15) is 0 Å². The zero-order chi connectivity index (χ0) is 71.1. The highest BCUT2D eigenvalue weighted by Crippen LogP contribution is 2.38. The summed E-state index contributed by atoms with van der Waals surface area (Å²) in [5.74, 6) is -0.822. The van der Waals surface area contributed by atoms with Crippen molar-refractivity contribution < 1.29 is 42.1 Å². The zero-order valence-electron chi connectivity index (χ0n) is 64.5. The molecule has 0 saturated heterocycles. The maximum Gasteiger partial charge on any atom is 0.306 e. The molecule has 0 N–H and O–H groups in total. The average molecular weight is 1390 g/mol. The van der Waals surface area contributed by atoms with Crippen LogP contribution in [0.15, 0.2) is 134 Å². The van der Waals surface area contributed by atoms with Gasteiger partial charge in [-0.3, -0.25) is 14.2 Å². The second-order valence-corrected chi connectivity index (χ2v) is 29.8. The molecule has 0 rings (SSSR count). The Morgan fingerprint density at radius 2 is 0.551 bits per heavy atom. The number of hydrogen-bond donors (Lipinski definition) is 0. The van der Waals surface area contributed by atoms with Crippen molar-refractivity contribution in [1.82, 2.24) is 0 Å². The number of nitrogens with zero attached hydrogens (tertiary/aromatic N) is 1. The van der Waals surface area contributed by atoms with Crippen LogP contribution in [-0.4, -0.2) is 70.0 Å². The lowest BCUT2D eigenvalue weighted by molar-refractivity contribution is -0.870. The number of esters is 2. The summed E-state index contributed by atoms with van der Waals surface area (Å²) in [5.41, 5.74) is 0. The fourth-order valence-electron chi connectivity index (χ4n) is 11.5. The zero-order valence-corrected chi connectivity index (χ0v) is 65.3. The molecule has 0 spiro atoms. The van der Waals surface area contributed by atoms with Crippen molar-refractivity contribution in [2.45, 2.75) is 367 Å². The highest BCUT2D eigenvalue weighted by Gasteiger charge is 2.22. The summed E-state index contributed by atoms with van der Waals surface area (Å²) in [4.78, 5) is 38.2. The Balaban J connectivity index is 3.93. The Morgan fingerprint density at radius 1 is 0.316 bits per heavy atom. The van der Waals surface area contributed by atoms with Crippen molar-refractivity contribution in [2.24, 2.45) is 0 Å². The van der Waals surface area contributed by atoms with Gasteiger partial charge in [-0.05, 0) is 109 Å². The molecule has 0 heterocycles.